The number of nitrogens with one attached hydrogen (secondary N) is 2. The van der Waals surface area contributed by atoms with E-state index in [0.717, 1.165) is 44.9 Å². The Balaban J connectivity index is 1.77. The average molecular weight is 308 g/mol. The summed E-state index contributed by atoms with van der Waals surface area (Å²) in [5.41, 5.74) is 0. The van der Waals surface area contributed by atoms with Gasteiger partial charge in [-0.15, -0.1) is 0 Å². The number of likely N-dealkylation sites (tertiary alicyclic amines) is 1. The predicted molar refractivity (Wildman–Crippen MR) is 90.9 cm³/mol. The van der Waals surface area contributed by atoms with Gasteiger partial charge in [-0.3, -0.25) is 9.79 Å². The molecule has 0 spiro atoms. The van der Waals surface area contributed by atoms with Crippen LogP contribution in [0.1, 0.15) is 52.4 Å². The molecule has 2 fully saturated rings. The van der Waals surface area contributed by atoms with Gasteiger partial charge in [0.2, 0.25) is 5.91 Å². The monoisotopic (exact) mass is 308 g/mol. The number of nitrogens with zero attached hydrogens (tertiary/aromatic N) is 2. The first-order chi connectivity index (χ1) is 10.6. The minimum absolute atomic E-state index is 0.283. The van der Waals surface area contributed by atoms with Crippen molar-refractivity contribution in [1.82, 2.24) is 15.5 Å². The van der Waals surface area contributed by atoms with Gasteiger partial charge in [0.15, 0.2) is 5.96 Å². The van der Waals surface area contributed by atoms with E-state index in [-0.39, 0.29) is 5.92 Å². The van der Waals surface area contributed by atoms with Gasteiger partial charge >= 0.3 is 0 Å². The van der Waals surface area contributed by atoms with Gasteiger partial charge in [-0.05, 0) is 25.2 Å². The fraction of sp³-hybridized carbons (Fsp3) is 0.882. The second-order valence-corrected chi connectivity index (χ2v) is 7.10. The van der Waals surface area contributed by atoms with Crippen LogP contribution < -0.4 is 10.6 Å². The lowest BCUT2D eigenvalue weighted by atomic mass is 9.88. The van der Waals surface area contributed by atoms with Crippen molar-refractivity contribution in [2.24, 2.45) is 16.8 Å². The zero-order valence-electron chi connectivity index (χ0n) is 14.4. The molecule has 5 nitrogen and oxygen atoms in total. The van der Waals surface area contributed by atoms with Gasteiger partial charge in [0.1, 0.15) is 0 Å². The Kier molecular flexibility index (Phi) is 6.52. The highest BCUT2D eigenvalue weighted by atomic mass is 16.2. The number of hydrogen-bond donors (Lipinski definition) is 2. The third-order valence-electron chi connectivity index (χ3n) is 4.70. The lowest BCUT2D eigenvalue weighted by Crippen LogP contribution is -2.46. The normalized spacial score (nSPS) is 23.9. The molecule has 1 aliphatic heterocycles. The molecular weight excluding hydrogens is 276 g/mol. The number of guanidine groups is 1. The molecule has 1 unspecified atom stereocenters. The number of rotatable bonds is 4. The third-order valence-corrected chi connectivity index (χ3v) is 4.70. The molecule has 126 valence electrons. The molecule has 2 aliphatic rings. The smallest absolute Gasteiger partial charge is 0.225 e. The summed E-state index contributed by atoms with van der Waals surface area (Å²) in [7, 11) is 1.80. The maximum Gasteiger partial charge on any atom is 0.225 e. The summed E-state index contributed by atoms with van der Waals surface area (Å²) in [5, 5.41) is 6.79. The van der Waals surface area contributed by atoms with Crippen LogP contribution in [0.25, 0.3) is 0 Å². The largest absolute Gasteiger partial charge is 0.356 e. The van der Waals surface area contributed by atoms with E-state index in [1.807, 2.05) is 0 Å². The zero-order chi connectivity index (χ0) is 15.9. The van der Waals surface area contributed by atoms with Crippen LogP contribution in [0.5, 0.6) is 0 Å². The van der Waals surface area contributed by atoms with Crippen molar-refractivity contribution in [3.8, 4) is 0 Å². The summed E-state index contributed by atoms with van der Waals surface area (Å²) in [6, 6.07) is 0.325. The quantitative estimate of drug-likeness (QED) is 0.617. The molecule has 1 saturated heterocycles. The molecule has 22 heavy (non-hydrogen) atoms. The van der Waals surface area contributed by atoms with E-state index in [1.165, 1.54) is 19.3 Å². The van der Waals surface area contributed by atoms with Crippen molar-refractivity contribution in [3.63, 3.8) is 0 Å². The van der Waals surface area contributed by atoms with Crippen molar-refractivity contribution in [2.45, 2.75) is 58.4 Å². The summed E-state index contributed by atoms with van der Waals surface area (Å²) in [6.45, 7) is 6.98. The highest BCUT2D eigenvalue weighted by Gasteiger charge is 2.31. The molecule has 2 N–H and O–H groups in total. The maximum absolute atomic E-state index is 12.6. The predicted octanol–water partition coefficient (Wildman–Crippen LogP) is 1.99. The van der Waals surface area contributed by atoms with Gasteiger partial charge in [-0.1, -0.05) is 33.1 Å². The van der Waals surface area contributed by atoms with Crippen molar-refractivity contribution >= 4 is 11.9 Å². The summed E-state index contributed by atoms with van der Waals surface area (Å²) in [5.74, 6) is 2.11. The summed E-state index contributed by atoms with van der Waals surface area (Å²) >= 11 is 0. The molecule has 1 saturated carbocycles. The number of aliphatic imine (C=N–C) groups is 1. The topological polar surface area (TPSA) is 56.7 Å². The van der Waals surface area contributed by atoms with Crippen LogP contribution >= 0.6 is 0 Å². The van der Waals surface area contributed by atoms with E-state index >= 15 is 0 Å². The Hall–Kier alpha value is -1.26. The Morgan fingerprint density at radius 1 is 1.23 bits per heavy atom. The lowest BCUT2D eigenvalue weighted by molar-refractivity contribution is -0.135. The van der Waals surface area contributed by atoms with Crippen LogP contribution in [0.4, 0.5) is 0 Å². The first kappa shape index (κ1) is 17.1. The van der Waals surface area contributed by atoms with Gasteiger partial charge in [-0.2, -0.15) is 0 Å². The van der Waals surface area contributed by atoms with Crippen LogP contribution in [-0.4, -0.2) is 49.5 Å². The minimum Gasteiger partial charge on any atom is -0.356 e. The number of carbonyl (C=O) groups is 1. The highest BCUT2D eigenvalue weighted by molar-refractivity contribution is 5.81. The van der Waals surface area contributed by atoms with E-state index in [2.05, 4.69) is 34.4 Å². The molecule has 0 aromatic heterocycles. The van der Waals surface area contributed by atoms with Gasteiger partial charge in [0.25, 0.3) is 0 Å². The van der Waals surface area contributed by atoms with E-state index in [9.17, 15) is 4.79 Å². The van der Waals surface area contributed by atoms with Gasteiger partial charge < -0.3 is 15.5 Å². The molecule has 2 rings (SSSR count). The zero-order valence-corrected chi connectivity index (χ0v) is 14.4. The second-order valence-electron chi connectivity index (χ2n) is 7.10. The Labute approximate surface area is 134 Å². The lowest BCUT2D eigenvalue weighted by Gasteiger charge is -2.26. The molecule has 0 radical (unpaired) electrons. The highest BCUT2D eigenvalue weighted by Crippen LogP contribution is 2.26. The molecule has 1 heterocycles. The number of amides is 1. The van der Waals surface area contributed by atoms with Crippen LogP contribution in [-0.2, 0) is 4.79 Å². The van der Waals surface area contributed by atoms with Gasteiger partial charge in [0.05, 0.1) is 0 Å². The summed E-state index contributed by atoms with van der Waals surface area (Å²) < 4.78 is 0. The van der Waals surface area contributed by atoms with E-state index in [0.29, 0.717) is 17.9 Å². The van der Waals surface area contributed by atoms with Crippen molar-refractivity contribution in [1.29, 1.82) is 0 Å². The fourth-order valence-electron chi connectivity index (χ4n) is 3.37. The SMILES string of the molecule is CN=C(NCC(C)C)NC1CCN(C(=O)C2CCCCC2)C1. The third kappa shape index (κ3) is 4.89. The average Bonchev–Trinajstić information content (AvgIpc) is 3.00. The summed E-state index contributed by atoms with van der Waals surface area (Å²) in [4.78, 5) is 18.9. The Morgan fingerprint density at radius 3 is 2.59 bits per heavy atom. The molecule has 1 atom stereocenters. The van der Waals surface area contributed by atoms with Crippen LogP contribution in [0, 0.1) is 11.8 Å². The standard InChI is InChI=1S/C17H32N4O/c1-13(2)11-19-17(18-3)20-15-9-10-21(12-15)16(22)14-7-5-4-6-8-14/h13-15H,4-12H2,1-3H3,(H2,18,19,20). The van der Waals surface area contributed by atoms with Crippen LogP contribution in [0.15, 0.2) is 4.99 Å². The molecular formula is C17H32N4O. The summed E-state index contributed by atoms with van der Waals surface area (Å²) in [6.07, 6.45) is 6.93. The Morgan fingerprint density at radius 2 is 1.95 bits per heavy atom. The fourth-order valence-corrected chi connectivity index (χ4v) is 3.37. The van der Waals surface area contributed by atoms with E-state index < -0.39 is 0 Å². The van der Waals surface area contributed by atoms with Crippen molar-refractivity contribution in [3.05, 3.63) is 0 Å². The number of hydrogen-bond acceptors (Lipinski definition) is 2. The number of carbonyl (C=O) groups excluding carboxylic acids is 1. The molecule has 1 amide bonds. The van der Waals surface area contributed by atoms with Gasteiger partial charge in [0, 0.05) is 38.6 Å². The van der Waals surface area contributed by atoms with Gasteiger partial charge in [-0.25, -0.2) is 0 Å². The molecule has 0 bridgehead atoms. The van der Waals surface area contributed by atoms with Crippen molar-refractivity contribution in [2.75, 3.05) is 26.7 Å². The maximum atomic E-state index is 12.6. The molecule has 1 aliphatic carbocycles. The first-order valence-electron chi connectivity index (χ1n) is 8.86. The Bertz CT molecular complexity index is 388. The van der Waals surface area contributed by atoms with E-state index in [4.69, 9.17) is 0 Å². The van der Waals surface area contributed by atoms with Crippen molar-refractivity contribution < 1.29 is 4.79 Å². The second kappa shape index (κ2) is 8.39. The van der Waals surface area contributed by atoms with E-state index in [1.54, 1.807) is 7.05 Å². The van der Waals surface area contributed by atoms with Crippen LogP contribution in [0.3, 0.4) is 0 Å². The minimum atomic E-state index is 0.283. The molecule has 5 heteroatoms. The first-order valence-corrected chi connectivity index (χ1v) is 8.86. The van der Waals surface area contributed by atoms with Crippen LogP contribution in [0.2, 0.25) is 0 Å². The molecule has 0 aromatic rings. The molecule has 0 aromatic carbocycles.